The number of fused-ring (bicyclic) bond motifs is 1. The fourth-order valence-corrected chi connectivity index (χ4v) is 3.92. The van der Waals surface area contributed by atoms with Gasteiger partial charge in [0.15, 0.2) is 0 Å². The van der Waals surface area contributed by atoms with Crippen LogP contribution in [0.1, 0.15) is 32.1 Å². The summed E-state index contributed by atoms with van der Waals surface area (Å²) in [6.07, 6.45) is 6.60. The van der Waals surface area contributed by atoms with Crippen molar-refractivity contribution < 1.29 is 4.79 Å². The Morgan fingerprint density at radius 1 is 0.882 bits per heavy atom. The minimum absolute atomic E-state index is 0.395. The third-order valence-electron chi connectivity index (χ3n) is 5.28. The molecule has 0 aromatic rings. The van der Waals surface area contributed by atoms with Crippen LogP contribution in [0, 0.1) is 17.8 Å². The van der Waals surface area contributed by atoms with E-state index in [1.165, 1.54) is 32.1 Å². The van der Waals surface area contributed by atoms with E-state index in [0.717, 1.165) is 44.1 Å². The lowest BCUT2D eigenvalue weighted by Gasteiger charge is -2.36. The molecule has 3 heteroatoms. The first-order chi connectivity index (χ1) is 8.31. The maximum absolute atomic E-state index is 12.4. The monoisotopic (exact) mass is 234 g/mol. The zero-order valence-corrected chi connectivity index (χ0v) is 10.5. The predicted molar refractivity (Wildman–Crippen MR) is 65.5 cm³/mol. The molecule has 0 aromatic carbocycles. The Balaban J connectivity index is 1.31. The molecule has 1 amide bonds. The van der Waals surface area contributed by atoms with Crippen LogP contribution in [0.4, 0.5) is 0 Å². The van der Waals surface area contributed by atoms with Crippen molar-refractivity contribution in [3.8, 4) is 0 Å². The van der Waals surface area contributed by atoms with Gasteiger partial charge in [-0.25, -0.2) is 0 Å². The van der Waals surface area contributed by atoms with E-state index in [1.807, 2.05) is 0 Å². The molecule has 3 aliphatic carbocycles. The van der Waals surface area contributed by atoms with E-state index in [-0.39, 0.29) is 0 Å². The zero-order chi connectivity index (χ0) is 11.4. The van der Waals surface area contributed by atoms with Gasteiger partial charge in [0.1, 0.15) is 0 Å². The fourth-order valence-electron chi connectivity index (χ4n) is 3.92. The number of piperazine rings is 1. The number of carbonyl (C=O) groups excluding carboxylic acids is 1. The van der Waals surface area contributed by atoms with E-state index in [2.05, 4.69) is 9.80 Å². The van der Waals surface area contributed by atoms with Crippen molar-refractivity contribution in [3.05, 3.63) is 0 Å². The van der Waals surface area contributed by atoms with Crippen molar-refractivity contribution >= 4 is 5.91 Å². The molecule has 0 spiro atoms. The molecular formula is C14H22N2O. The summed E-state index contributed by atoms with van der Waals surface area (Å²) in [5.41, 5.74) is 0. The Hall–Kier alpha value is -0.570. The highest BCUT2D eigenvalue weighted by Crippen LogP contribution is 2.54. The van der Waals surface area contributed by atoms with E-state index in [9.17, 15) is 4.79 Å². The first-order valence-electron chi connectivity index (χ1n) is 7.34. The summed E-state index contributed by atoms with van der Waals surface area (Å²) < 4.78 is 0. The van der Waals surface area contributed by atoms with E-state index < -0.39 is 0 Å². The topological polar surface area (TPSA) is 23.6 Å². The first-order valence-corrected chi connectivity index (χ1v) is 7.34. The fraction of sp³-hybridized carbons (Fsp3) is 0.929. The first kappa shape index (κ1) is 10.4. The molecule has 1 heterocycles. The van der Waals surface area contributed by atoms with Gasteiger partial charge in [0.25, 0.3) is 0 Å². The van der Waals surface area contributed by atoms with Gasteiger partial charge in [-0.2, -0.15) is 0 Å². The highest BCUT2D eigenvalue weighted by molar-refractivity contribution is 5.79. The Morgan fingerprint density at radius 2 is 1.53 bits per heavy atom. The van der Waals surface area contributed by atoms with Gasteiger partial charge >= 0.3 is 0 Å². The average molecular weight is 234 g/mol. The summed E-state index contributed by atoms with van der Waals surface area (Å²) in [5, 5.41) is 0. The van der Waals surface area contributed by atoms with Crippen molar-refractivity contribution in [2.24, 2.45) is 17.8 Å². The van der Waals surface area contributed by atoms with Crippen molar-refractivity contribution in [1.82, 2.24) is 9.80 Å². The van der Waals surface area contributed by atoms with Crippen LogP contribution in [0.25, 0.3) is 0 Å². The van der Waals surface area contributed by atoms with Gasteiger partial charge in [-0.1, -0.05) is 0 Å². The molecule has 3 saturated carbocycles. The van der Waals surface area contributed by atoms with E-state index in [0.29, 0.717) is 11.8 Å². The molecule has 3 nitrogen and oxygen atoms in total. The lowest BCUT2D eigenvalue weighted by molar-refractivity contribution is -0.137. The van der Waals surface area contributed by atoms with Crippen molar-refractivity contribution in [2.45, 2.75) is 38.1 Å². The summed E-state index contributed by atoms with van der Waals surface area (Å²) in [7, 11) is 0. The van der Waals surface area contributed by atoms with Crippen LogP contribution in [0.15, 0.2) is 0 Å². The second-order valence-electron chi connectivity index (χ2n) is 6.52. The molecular weight excluding hydrogens is 212 g/mol. The van der Waals surface area contributed by atoms with Gasteiger partial charge in [0, 0.05) is 38.1 Å². The van der Waals surface area contributed by atoms with Crippen LogP contribution < -0.4 is 0 Å². The Morgan fingerprint density at radius 3 is 2.12 bits per heavy atom. The highest BCUT2D eigenvalue weighted by Gasteiger charge is 2.49. The minimum atomic E-state index is 0.395. The van der Waals surface area contributed by atoms with Crippen LogP contribution in [0.3, 0.4) is 0 Å². The van der Waals surface area contributed by atoms with Gasteiger partial charge in [-0.15, -0.1) is 0 Å². The van der Waals surface area contributed by atoms with E-state index in [1.54, 1.807) is 0 Å². The third-order valence-corrected chi connectivity index (χ3v) is 5.28. The summed E-state index contributed by atoms with van der Waals surface area (Å²) in [4.78, 5) is 17.1. The zero-order valence-electron chi connectivity index (χ0n) is 10.5. The summed E-state index contributed by atoms with van der Waals surface area (Å²) in [6, 6.07) is 0.867. The Labute approximate surface area is 103 Å². The standard InChI is InChI=1S/C14H22N2O/c17-14(12-8-10-7-11(10)9-12)16-5-3-15(4-6-16)13-1-2-13/h10-13H,1-9H2. The number of carbonyl (C=O) groups is 1. The SMILES string of the molecule is O=C(C1CC2CC2C1)N1CCN(C2CC2)CC1. The smallest absolute Gasteiger partial charge is 0.225 e. The molecule has 0 N–H and O–H groups in total. The molecule has 4 fully saturated rings. The number of rotatable bonds is 2. The van der Waals surface area contributed by atoms with E-state index >= 15 is 0 Å². The molecule has 2 unspecified atom stereocenters. The highest BCUT2D eigenvalue weighted by atomic mass is 16.2. The predicted octanol–water partition coefficient (Wildman–Crippen LogP) is 1.34. The summed E-state index contributed by atoms with van der Waals surface area (Å²) >= 11 is 0. The van der Waals surface area contributed by atoms with Crippen LogP contribution in [0.5, 0.6) is 0 Å². The summed E-state index contributed by atoms with van der Waals surface area (Å²) in [6.45, 7) is 4.22. The van der Waals surface area contributed by atoms with Crippen molar-refractivity contribution in [3.63, 3.8) is 0 Å². The van der Waals surface area contributed by atoms with Gasteiger partial charge in [0.2, 0.25) is 5.91 Å². The largest absolute Gasteiger partial charge is 0.340 e. The normalized spacial score (nSPS) is 41.4. The van der Waals surface area contributed by atoms with Crippen molar-refractivity contribution in [2.75, 3.05) is 26.2 Å². The maximum Gasteiger partial charge on any atom is 0.225 e. The molecule has 2 atom stereocenters. The third kappa shape index (κ3) is 1.88. The van der Waals surface area contributed by atoms with Crippen LogP contribution in [-0.2, 0) is 4.79 Å². The summed E-state index contributed by atoms with van der Waals surface area (Å²) in [5.74, 6) is 2.73. The number of hydrogen-bond acceptors (Lipinski definition) is 2. The number of hydrogen-bond donors (Lipinski definition) is 0. The average Bonchev–Trinajstić information content (AvgIpc) is 3.29. The lowest BCUT2D eigenvalue weighted by Crippen LogP contribution is -2.50. The molecule has 1 aliphatic heterocycles. The molecule has 0 aromatic heterocycles. The van der Waals surface area contributed by atoms with Gasteiger partial charge in [-0.05, 0) is 43.9 Å². The molecule has 0 radical (unpaired) electrons. The molecule has 4 rings (SSSR count). The quantitative estimate of drug-likeness (QED) is 0.720. The second kappa shape index (κ2) is 3.71. The Kier molecular flexibility index (Phi) is 2.26. The van der Waals surface area contributed by atoms with E-state index in [4.69, 9.17) is 0 Å². The maximum atomic E-state index is 12.4. The van der Waals surface area contributed by atoms with Gasteiger partial charge < -0.3 is 4.90 Å². The molecule has 4 aliphatic rings. The van der Waals surface area contributed by atoms with Crippen molar-refractivity contribution in [1.29, 1.82) is 0 Å². The second-order valence-corrected chi connectivity index (χ2v) is 6.52. The van der Waals surface area contributed by atoms with Gasteiger partial charge in [-0.3, -0.25) is 9.69 Å². The minimum Gasteiger partial charge on any atom is -0.340 e. The Bertz CT molecular complexity index is 321. The van der Waals surface area contributed by atoms with Gasteiger partial charge in [0.05, 0.1) is 0 Å². The molecule has 0 bridgehead atoms. The lowest BCUT2D eigenvalue weighted by atomic mass is 10.0. The number of amides is 1. The van der Waals surface area contributed by atoms with Crippen LogP contribution in [0.2, 0.25) is 0 Å². The van der Waals surface area contributed by atoms with Crippen LogP contribution >= 0.6 is 0 Å². The molecule has 17 heavy (non-hydrogen) atoms. The molecule has 94 valence electrons. The number of nitrogens with zero attached hydrogens (tertiary/aromatic N) is 2. The molecule has 1 saturated heterocycles. The van der Waals surface area contributed by atoms with Crippen LogP contribution in [-0.4, -0.2) is 47.9 Å².